The zero-order valence-electron chi connectivity index (χ0n) is 14.0. The molecule has 4 heteroatoms. The molecule has 26 heavy (non-hydrogen) atoms. The molecule has 0 amide bonds. The molecule has 1 heterocycles. The maximum atomic E-state index is 9.33. The highest BCUT2D eigenvalue weighted by molar-refractivity contribution is 5.93. The van der Waals surface area contributed by atoms with Crippen LogP contribution in [-0.2, 0) is 6.61 Å². The quantitative estimate of drug-likeness (QED) is 0.539. The molecule has 0 N–H and O–H groups in total. The van der Waals surface area contributed by atoms with Crippen LogP contribution in [0.3, 0.4) is 0 Å². The minimum atomic E-state index is 0.298. The summed E-state index contributed by atoms with van der Waals surface area (Å²) in [6.45, 7) is 0.395. The molecular formula is C22H15N3O. The van der Waals surface area contributed by atoms with Crippen LogP contribution in [0.15, 0.2) is 78.9 Å². The Hall–Kier alpha value is -3.71. The summed E-state index contributed by atoms with van der Waals surface area (Å²) in [5.41, 5.74) is 3.48. The molecule has 0 aliphatic rings. The molecule has 0 atom stereocenters. The molecule has 4 aromatic rings. The second-order valence-corrected chi connectivity index (χ2v) is 5.87. The number of benzene rings is 3. The number of fused-ring (bicyclic) bond motifs is 1. The molecule has 0 aliphatic carbocycles. The summed E-state index contributed by atoms with van der Waals surface area (Å²) in [6, 6.07) is 28.0. The van der Waals surface area contributed by atoms with Crippen LogP contribution in [0, 0.1) is 11.3 Å². The van der Waals surface area contributed by atoms with E-state index in [2.05, 4.69) is 16.3 Å². The Morgan fingerprint density at radius 1 is 0.769 bits per heavy atom. The Bertz CT molecular complexity index is 1090. The Kier molecular flexibility index (Phi) is 4.28. The number of rotatable bonds is 4. The number of hydrogen-bond acceptors (Lipinski definition) is 4. The first kappa shape index (κ1) is 15.8. The van der Waals surface area contributed by atoms with Crippen LogP contribution in [0.2, 0.25) is 0 Å². The standard InChI is InChI=1S/C22H15N3O/c23-14-21-19-12-11-18(17-9-5-2-6-10-17)13-20(19)22(25-24-21)26-15-16-7-3-1-4-8-16/h1-13H,15H2. The van der Waals surface area contributed by atoms with Crippen molar-refractivity contribution in [1.82, 2.24) is 10.2 Å². The Morgan fingerprint density at radius 3 is 2.23 bits per heavy atom. The molecule has 4 nitrogen and oxygen atoms in total. The van der Waals surface area contributed by atoms with Gasteiger partial charge in [-0.1, -0.05) is 72.8 Å². The highest BCUT2D eigenvalue weighted by atomic mass is 16.5. The number of nitriles is 1. The number of ether oxygens (including phenoxy) is 1. The lowest BCUT2D eigenvalue weighted by molar-refractivity contribution is 0.294. The molecule has 4 rings (SSSR count). The van der Waals surface area contributed by atoms with Gasteiger partial charge in [-0.25, -0.2) is 0 Å². The second kappa shape index (κ2) is 7.04. The molecule has 124 valence electrons. The zero-order valence-corrected chi connectivity index (χ0v) is 14.0. The fraction of sp³-hybridized carbons (Fsp3) is 0.0455. The smallest absolute Gasteiger partial charge is 0.241 e. The molecule has 0 fully saturated rings. The molecule has 0 aliphatic heterocycles. The van der Waals surface area contributed by atoms with E-state index >= 15 is 0 Å². The molecule has 0 saturated heterocycles. The lowest BCUT2D eigenvalue weighted by atomic mass is 10.0. The highest BCUT2D eigenvalue weighted by Gasteiger charge is 2.12. The predicted molar refractivity (Wildman–Crippen MR) is 100 cm³/mol. The molecule has 0 bridgehead atoms. The third kappa shape index (κ3) is 3.11. The molecule has 1 aromatic heterocycles. The second-order valence-electron chi connectivity index (χ2n) is 5.87. The minimum Gasteiger partial charge on any atom is -0.471 e. The van der Waals surface area contributed by atoms with Crippen LogP contribution in [0.1, 0.15) is 11.3 Å². The van der Waals surface area contributed by atoms with Crippen LogP contribution in [0.4, 0.5) is 0 Å². The lowest BCUT2D eigenvalue weighted by Crippen LogP contribution is -2.01. The van der Waals surface area contributed by atoms with Crippen LogP contribution < -0.4 is 4.74 Å². The normalized spacial score (nSPS) is 10.4. The number of hydrogen-bond donors (Lipinski definition) is 0. The van der Waals surface area contributed by atoms with Gasteiger partial charge in [0, 0.05) is 10.8 Å². The van der Waals surface area contributed by atoms with Crippen LogP contribution in [0.25, 0.3) is 21.9 Å². The first-order valence-corrected chi connectivity index (χ1v) is 8.28. The van der Waals surface area contributed by atoms with Crippen LogP contribution >= 0.6 is 0 Å². The summed E-state index contributed by atoms with van der Waals surface area (Å²) in [6.07, 6.45) is 0. The average molecular weight is 337 g/mol. The maximum absolute atomic E-state index is 9.33. The monoisotopic (exact) mass is 337 g/mol. The van der Waals surface area contributed by atoms with E-state index in [0.29, 0.717) is 18.2 Å². The summed E-state index contributed by atoms with van der Waals surface area (Å²) in [5, 5.41) is 19.0. The Labute approximate surface area is 151 Å². The number of nitrogens with zero attached hydrogens (tertiary/aromatic N) is 3. The average Bonchev–Trinajstić information content (AvgIpc) is 2.73. The summed E-state index contributed by atoms with van der Waals surface area (Å²) in [4.78, 5) is 0. The zero-order chi connectivity index (χ0) is 17.8. The van der Waals surface area contributed by atoms with E-state index in [1.54, 1.807) is 0 Å². The van der Waals surface area contributed by atoms with E-state index in [9.17, 15) is 5.26 Å². The van der Waals surface area contributed by atoms with Crippen molar-refractivity contribution in [3.63, 3.8) is 0 Å². The van der Waals surface area contributed by atoms with Crippen LogP contribution in [-0.4, -0.2) is 10.2 Å². The fourth-order valence-electron chi connectivity index (χ4n) is 2.86. The fourth-order valence-corrected chi connectivity index (χ4v) is 2.86. The van der Waals surface area contributed by atoms with Gasteiger partial charge < -0.3 is 4.74 Å². The van der Waals surface area contributed by atoms with Gasteiger partial charge in [-0.2, -0.15) is 5.26 Å². The van der Waals surface area contributed by atoms with E-state index in [1.165, 1.54) is 0 Å². The largest absolute Gasteiger partial charge is 0.471 e. The van der Waals surface area contributed by atoms with Gasteiger partial charge >= 0.3 is 0 Å². The molecular weight excluding hydrogens is 322 g/mol. The highest BCUT2D eigenvalue weighted by Crippen LogP contribution is 2.30. The van der Waals surface area contributed by atoms with E-state index in [1.807, 2.05) is 78.9 Å². The molecule has 3 aromatic carbocycles. The van der Waals surface area contributed by atoms with Gasteiger partial charge in [-0.15, -0.1) is 10.2 Å². The van der Waals surface area contributed by atoms with Crippen molar-refractivity contribution in [2.75, 3.05) is 0 Å². The van der Waals surface area contributed by atoms with E-state index < -0.39 is 0 Å². The Morgan fingerprint density at radius 2 is 1.50 bits per heavy atom. The summed E-state index contributed by atoms with van der Waals surface area (Å²) in [7, 11) is 0. The summed E-state index contributed by atoms with van der Waals surface area (Å²) in [5.74, 6) is 0.431. The summed E-state index contributed by atoms with van der Waals surface area (Å²) < 4.78 is 5.91. The van der Waals surface area contributed by atoms with Gasteiger partial charge in [-0.3, -0.25) is 0 Å². The topological polar surface area (TPSA) is 58.8 Å². The van der Waals surface area contributed by atoms with Crippen molar-refractivity contribution in [2.24, 2.45) is 0 Å². The van der Waals surface area contributed by atoms with Crippen molar-refractivity contribution in [3.8, 4) is 23.1 Å². The van der Waals surface area contributed by atoms with Crippen molar-refractivity contribution in [1.29, 1.82) is 5.26 Å². The molecule has 0 spiro atoms. The van der Waals surface area contributed by atoms with Crippen molar-refractivity contribution >= 4 is 10.8 Å². The predicted octanol–water partition coefficient (Wildman–Crippen LogP) is 4.75. The first-order valence-electron chi connectivity index (χ1n) is 8.28. The van der Waals surface area contributed by atoms with Crippen molar-refractivity contribution in [3.05, 3.63) is 90.1 Å². The maximum Gasteiger partial charge on any atom is 0.241 e. The third-order valence-electron chi connectivity index (χ3n) is 4.18. The van der Waals surface area contributed by atoms with Gasteiger partial charge in [-0.05, 0) is 22.8 Å². The van der Waals surface area contributed by atoms with Gasteiger partial charge in [0.05, 0.1) is 0 Å². The van der Waals surface area contributed by atoms with Crippen molar-refractivity contribution < 1.29 is 4.74 Å². The van der Waals surface area contributed by atoms with E-state index in [-0.39, 0.29) is 0 Å². The SMILES string of the molecule is N#Cc1nnc(OCc2ccccc2)c2cc(-c3ccccc3)ccc12. The van der Waals surface area contributed by atoms with Gasteiger partial charge in [0.15, 0.2) is 5.69 Å². The first-order chi connectivity index (χ1) is 12.8. The summed E-state index contributed by atoms with van der Waals surface area (Å²) >= 11 is 0. The lowest BCUT2D eigenvalue weighted by Gasteiger charge is -2.10. The van der Waals surface area contributed by atoms with Crippen LogP contribution in [0.5, 0.6) is 5.88 Å². The van der Waals surface area contributed by atoms with E-state index in [0.717, 1.165) is 27.5 Å². The van der Waals surface area contributed by atoms with Gasteiger partial charge in [0.25, 0.3) is 0 Å². The molecule has 0 radical (unpaired) electrons. The van der Waals surface area contributed by atoms with E-state index in [4.69, 9.17) is 4.74 Å². The minimum absolute atomic E-state index is 0.298. The van der Waals surface area contributed by atoms with Gasteiger partial charge in [0.2, 0.25) is 5.88 Å². The van der Waals surface area contributed by atoms with Crippen molar-refractivity contribution in [2.45, 2.75) is 6.61 Å². The molecule has 0 saturated carbocycles. The van der Waals surface area contributed by atoms with Gasteiger partial charge in [0.1, 0.15) is 12.7 Å². The Balaban J connectivity index is 1.78. The third-order valence-corrected chi connectivity index (χ3v) is 4.18. The molecule has 0 unspecified atom stereocenters. The number of aromatic nitrogens is 2.